The number of pyridine rings is 1. The van der Waals surface area contributed by atoms with Gasteiger partial charge in [0.1, 0.15) is 0 Å². The van der Waals surface area contributed by atoms with Gasteiger partial charge in [0.15, 0.2) is 0 Å². The minimum atomic E-state index is 0.106. The first-order valence-corrected chi connectivity index (χ1v) is 9.88. The molecule has 3 aromatic rings. The van der Waals surface area contributed by atoms with Crippen molar-refractivity contribution < 1.29 is 4.74 Å². The molecule has 140 valence electrons. The van der Waals surface area contributed by atoms with E-state index in [1.807, 2.05) is 0 Å². The number of fused-ring (bicyclic) bond motifs is 1. The van der Waals surface area contributed by atoms with Crippen LogP contribution in [0.2, 0.25) is 0 Å². The van der Waals surface area contributed by atoms with Crippen molar-refractivity contribution in [2.75, 3.05) is 19.7 Å². The van der Waals surface area contributed by atoms with Crippen molar-refractivity contribution >= 4 is 10.9 Å². The van der Waals surface area contributed by atoms with Gasteiger partial charge in [-0.2, -0.15) is 0 Å². The number of aryl methyl sites for hydroxylation is 2. The number of nitrogens with one attached hydrogen (secondary N) is 1. The molecule has 3 nitrogen and oxygen atoms in total. The Labute approximate surface area is 161 Å². The normalized spacial score (nSPS) is 16.5. The number of hydrogen-bond acceptors (Lipinski definition) is 3. The molecule has 1 saturated heterocycles. The van der Waals surface area contributed by atoms with Crippen LogP contribution in [0.5, 0.6) is 0 Å². The molecule has 1 fully saturated rings. The third-order valence-electron chi connectivity index (χ3n) is 5.87. The molecule has 1 aromatic heterocycles. The molecule has 2 aromatic carbocycles. The maximum atomic E-state index is 6.26. The second-order valence-electron chi connectivity index (χ2n) is 7.79. The van der Waals surface area contributed by atoms with Gasteiger partial charge < -0.3 is 10.1 Å². The van der Waals surface area contributed by atoms with Crippen molar-refractivity contribution in [2.24, 2.45) is 0 Å². The SMILES string of the molecule is Cc1cccc2nc(COCC3(c4ccccc4)CCNCC3)cc(C)c12. The second-order valence-corrected chi connectivity index (χ2v) is 7.79. The first kappa shape index (κ1) is 18.1. The Morgan fingerprint density at radius 2 is 1.74 bits per heavy atom. The van der Waals surface area contributed by atoms with E-state index in [4.69, 9.17) is 9.72 Å². The summed E-state index contributed by atoms with van der Waals surface area (Å²) in [5.74, 6) is 0. The highest BCUT2D eigenvalue weighted by molar-refractivity contribution is 5.85. The minimum Gasteiger partial charge on any atom is -0.374 e. The van der Waals surface area contributed by atoms with Gasteiger partial charge >= 0.3 is 0 Å². The van der Waals surface area contributed by atoms with Gasteiger partial charge in [-0.25, -0.2) is 0 Å². The van der Waals surface area contributed by atoms with Gasteiger partial charge in [-0.3, -0.25) is 4.98 Å². The number of nitrogens with zero attached hydrogens (tertiary/aromatic N) is 1. The lowest BCUT2D eigenvalue weighted by atomic mass is 9.74. The van der Waals surface area contributed by atoms with Crippen LogP contribution in [0.25, 0.3) is 10.9 Å². The Balaban J connectivity index is 1.52. The molecule has 0 amide bonds. The van der Waals surface area contributed by atoms with Crippen molar-refractivity contribution in [1.29, 1.82) is 0 Å². The number of rotatable bonds is 5. The molecule has 1 aliphatic heterocycles. The Kier molecular flexibility index (Phi) is 5.24. The maximum absolute atomic E-state index is 6.26. The molecule has 0 atom stereocenters. The highest BCUT2D eigenvalue weighted by Gasteiger charge is 2.34. The molecular weight excluding hydrogens is 332 g/mol. The lowest BCUT2D eigenvalue weighted by Crippen LogP contribution is -2.43. The van der Waals surface area contributed by atoms with E-state index in [1.54, 1.807) is 0 Å². The molecular formula is C24H28N2O. The Bertz CT molecular complexity index is 914. The van der Waals surface area contributed by atoms with Crippen molar-refractivity contribution in [3.8, 4) is 0 Å². The number of benzene rings is 2. The van der Waals surface area contributed by atoms with Crippen LogP contribution in [0.1, 0.15) is 35.2 Å². The van der Waals surface area contributed by atoms with Crippen LogP contribution < -0.4 is 5.32 Å². The first-order valence-electron chi connectivity index (χ1n) is 9.88. The molecule has 2 heterocycles. The number of ether oxygens (including phenoxy) is 1. The van der Waals surface area contributed by atoms with Gasteiger partial charge in [0, 0.05) is 10.8 Å². The molecule has 0 unspecified atom stereocenters. The van der Waals surface area contributed by atoms with E-state index in [0.29, 0.717) is 6.61 Å². The summed E-state index contributed by atoms with van der Waals surface area (Å²) in [7, 11) is 0. The average molecular weight is 361 g/mol. The van der Waals surface area contributed by atoms with Gasteiger partial charge in [-0.05, 0) is 68.6 Å². The largest absolute Gasteiger partial charge is 0.374 e. The van der Waals surface area contributed by atoms with E-state index in [9.17, 15) is 0 Å². The van der Waals surface area contributed by atoms with Crippen molar-refractivity contribution in [2.45, 2.75) is 38.7 Å². The molecule has 0 bridgehead atoms. The Morgan fingerprint density at radius 1 is 0.963 bits per heavy atom. The molecule has 27 heavy (non-hydrogen) atoms. The summed E-state index contributed by atoms with van der Waals surface area (Å²) in [6, 6.07) is 19.3. The number of aromatic nitrogens is 1. The zero-order chi connectivity index (χ0) is 18.7. The second kappa shape index (κ2) is 7.79. The molecule has 0 aliphatic carbocycles. The monoisotopic (exact) mass is 360 g/mol. The van der Waals surface area contributed by atoms with E-state index < -0.39 is 0 Å². The predicted molar refractivity (Wildman–Crippen MR) is 111 cm³/mol. The summed E-state index contributed by atoms with van der Waals surface area (Å²) in [5.41, 5.74) is 6.13. The molecule has 3 heteroatoms. The summed E-state index contributed by atoms with van der Waals surface area (Å²) >= 11 is 0. The predicted octanol–water partition coefficient (Wildman–Crippen LogP) is 4.69. The Morgan fingerprint density at radius 3 is 2.52 bits per heavy atom. The molecule has 4 rings (SSSR count). The van der Waals surface area contributed by atoms with Gasteiger partial charge in [0.2, 0.25) is 0 Å². The molecule has 0 radical (unpaired) electrons. The van der Waals surface area contributed by atoms with Crippen LogP contribution in [0.15, 0.2) is 54.6 Å². The van der Waals surface area contributed by atoms with Crippen LogP contribution >= 0.6 is 0 Å². The highest BCUT2D eigenvalue weighted by atomic mass is 16.5. The maximum Gasteiger partial charge on any atom is 0.0888 e. The third-order valence-corrected chi connectivity index (χ3v) is 5.87. The van der Waals surface area contributed by atoms with Gasteiger partial charge in [0.25, 0.3) is 0 Å². The van der Waals surface area contributed by atoms with Crippen molar-refractivity contribution in [1.82, 2.24) is 10.3 Å². The van der Waals surface area contributed by atoms with Crippen molar-refractivity contribution in [3.63, 3.8) is 0 Å². The van der Waals surface area contributed by atoms with Gasteiger partial charge in [-0.15, -0.1) is 0 Å². The van der Waals surface area contributed by atoms with Crippen LogP contribution in [0, 0.1) is 13.8 Å². The zero-order valence-electron chi connectivity index (χ0n) is 16.3. The molecule has 0 spiro atoms. The number of piperidine rings is 1. The quantitative estimate of drug-likeness (QED) is 0.717. The molecule has 1 N–H and O–H groups in total. The molecule has 0 saturated carbocycles. The first-order chi connectivity index (χ1) is 13.2. The van der Waals surface area contributed by atoms with Gasteiger partial charge in [0.05, 0.1) is 24.4 Å². The van der Waals surface area contributed by atoms with Crippen molar-refractivity contribution in [3.05, 3.63) is 77.0 Å². The third kappa shape index (κ3) is 3.76. The van der Waals surface area contributed by atoms with E-state index in [0.717, 1.165) is 43.7 Å². The van der Waals surface area contributed by atoms with Crippen LogP contribution in [0.3, 0.4) is 0 Å². The smallest absolute Gasteiger partial charge is 0.0888 e. The fourth-order valence-electron chi connectivity index (χ4n) is 4.41. The fourth-order valence-corrected chi connectivity index (χ4v) is 4.41. The number of hydrogen-bond donors (Lipinski definition) is 1. The summed E-state index contributed by atoms with van der Waals surface area (Å²) in [5, 5.41) is 4.75. The molecule has 1 aliphatic rings. The summed E-state index contributed by atoms with van der Waals surface area (Å²) in [6.45, 7) is 7.71. The standard InChI is InChI=1S/C24H28N2O/c1-18-7-6-10-22-23(18)19(2)15-21(26-22)16-27-17-24(11-13-25-14-12-24)20-8-4-3-5-9-20/h3-10,15,25H,11-14,16-17H2,1-2H3. The van der Waals surface area contributed by atoms with Gasteiger partial charge in [-0.1, -0.05) is 42.5 Å². The van der Waals surface area contributed by atoms with E-state index in [-0.39, 0.29) is 5.41 Å². The zero-order valence-corrected chi connectivity index (χ0v) is 16.3. The topological polar surface area (TPSA) is 34.1 Å². The van der Waals surface area contributed by atoms with E-state index in [2.05, 4.69) is 73.8 Å². The summed E-state index contributed by atoms with van der Waals surface area (Å²) in [6.07, 6.45) is 2.22. The van der Waals surface area contributed by atoms with Crippen LogP contribution in [-0.4, -0.2) is 24.7 Å². The average Bonchev–Trinajstić information content (AvgIpc) is 2.69. The fraction of sp³-hybridized carbons (Fsp3) is 0.375. The van der Waals surface area contributed by atoms with E-state index >= 15 is 0 Å². The summed E-state index contributed by atoms with van der Waals surface area (Å²) in [4.78, 5) is 4.84. The summed E-state index contributed by atoms with van der Waals surface area (Å²) < 4.78 is 6.26. The van der Waals surface area contributed by atoms with E-state index in [1.165, 1.54) is 22.1 Å². The van der Waals surface area contributed by atoms with Crippen LogP contribution in [-0.2, 0) is 16.8 Å². The Hall–Kier alpha value is -2.23. The highest BCUT2D eigenvalue weighted by Crippen LogP contribution is 2.34. The lowest BCUT2D eigenvalue weighted by Gasteiger charge is -2.38. The lowest BCUT2D eigenvalue weighted by molar-refractivity contribution is 0.0549. The van der Waals surface area contributed by atoms with Crippen LogP contribution in [0.4, 0.5) is 0 Å². The minimum absolute atomic E-state index is 0.106.